The van der Waals surface area contributed by atoms with Gasteiger partial charge in [-0.1, -0.05) is 23.2 Å². The first-order valence-corrected chi connectivity index (χ1v) is 10.0. The van der Waals surface area contributed by atoms with Gasteiger partial charge >= 0.3 is 11.9 Å². The molecule has 1 fully saturated rings. The van der Waals surface area contributed by atoms with Gasteiger partial charge in [-0.05, 0) is 49.4 Å². The van der Waals surface area contributed by atoms with Crippen molar-refractivity contribution in [3.8, 4) is 5.75 Å². The van der Waals surface area contributed by atoms with Crippen molar-refractivity contribution in [3.05, 3.63) is 32.6 Å². The standard InChI is InChI=1S/C18H17Cl2NO7S/c1-3-26-14(22)8-21-17(24)13(29-18(21)25)7-10-5-11(19)16(12(20)6-10)28-9-15(23)27-4-2/h5-7H,3-4,8-9H2,1-2H3. The highest BCUT2D eigenvalue weighted by Crippen LogP contribution is 2.37. The Labute approximate surface area is 181 Å². The van der Waals surface area contributed by atoms with Crippen LogP contribution in [0.3, 0.4) is 0 Å². The fourth-order valence-electron chi connectivity index (χ4n) is 2.26. The van der Waals surface area contributed by atoms with Crippen LogP contribution in [0.1, 0.15) is 19.4 Å². The van der Waals surface area contributed by atoms with E-state index in [1.807, 2.05) is 0 Å². The van der Waals surface area contributed by atoms with Crippen LogP contribution in [0.4, 0.5) is 4.79 Å². The number of benzene rings is 1. The number of hydrogen-bond acceptors (Lipinski definition) is 8. The Balaban J connectivity index is 2.16. The molecule has 0 spiro atoms. The average molecular weight is 462 g/mol. The quantitative estimate of drug-likeness (QED) is 0.428. The number of thioether (sulfide) groups is 1. The molecule has 0 saturated carbocycles. The molecule has 0 unspecified atom stereocenters. The van der Waals surface area contributed by atoms with Gasteiger partial charge in [0.15, 0.2) is 12.4 Å². The largest absolute Gasteiger partial charge is 0.479 e. The third-order valence-electron chi connectivity index (χ3n) is 3.42. The number of rotatable bonds is 8. The minimum atomic E-state index is -0.676. The van der Waals surface area contributed by atoms with Crippen molar-refractivity contribution in [3.63, 3.8) is 0 Å². The van der Waals surface area contributed by atoms with E-state index in [1.165, 1.54) is 18.2 Å². The highest BCUT2D eigenvalue weighted by atomic mass is 35.5. The smallest absolute Gasteiger partial charge is 0.344 e. The molecule has 1 aromatic carbocycles. The molecule has 1 heterocycles. The van der Waals surface area contributed by atoms with Crippen LogP contribution in [-0.2, 0) is 23.9 Å². The van der Waals surface area contributed by atoms with Crippen LogP contribution in [0.5, 0.6) is 5.75 Å². The lowest BCUT2D eigenvalue weighted by atomic mass is 10.2. The number of nitrogens with zero attached hydrogens (tertiary/aromatic N) is 1. The summed E-state index contributed by atoms with van der Waals surface area (Å²) in [6.07, 6.45) is 1.42. The van der Waals surface area contributed by atoms with Crippen LogP contribution in [0.15, 0.2) is 17.0 Å². The van der Waals surface area contributed by atoms with Gasteiger partial charge in [-0.2, -0.15) is 0 Å². The zero-order chi connectivity index (χ0) is 21.6. The number of carbonyl (C=O) groups excluding carboxylic acids is 4. The SMILES string of the molecule is CCOC(=O)COc1c(Cl)cc(C=C2SC(=O)N(CC(=O)OCC)C2=O)cc1Cl. The zero-order valence-electron chi connectivity index (χ0n) is 15.5. The maximum Gasteiger partial charge on any atom is 0.344 e. The first kappa shape index (κ1) is 23.1. The van der Waals surface area contributed by atoms with Crippen molar-refractivity contribution in [2.45, 2.75) is 13.8 Å². The first-order chi connectivity index (χ1) is 13.8. The predicted octanol–water partition coefficient (Wildman–Crippen LogP) is 3.53. The van der Waals surface area contributed by atoms with E-state index < -0.39 is 29.6 Å². The van der Waals surface area contributed by atoms with Crippen molar-refractivity contribution >= 4 is 64.1 Å². The molecule has 1 aliphatic rings. The summed E-state index contributed by atoms with van der Waals surface area (Å²) in [4.78, 5) is 48.3. The van der Waals surface area contributed by atoms with Crippen molar-refractivity contribution in [1.82, 2.24) is 4.90 Å². The first-order valence-electron chi connectivity index (χ1n) is 8.45. The van der Waals surface area contributed by atoms with Crippen LogP contribution in [0.25, 0.3) is 6.08 Å². The van der Waals surface area contributed by atoms with E-state index in [0.717, 1.165) is 4.90 Å². The van der Waals surface area contributed by atoms with E-state index in [0.29, 0.717) is 17.3 Å². The van der Waals surface area contributed by atoms with Crippen molar-refractivity contribution < 1.29 is 33.4 Å². The highest BCUT2D eigenvalue weighted by molar-refractivity contribution is 8.18. The van der Waals surface area contributed by atoms with Gasteiger partial charge in [0, 0.05) is 0 Å². The number of hydrogen-bond donors (Lipinski definition) is 0. The summed E-state index contributed by atoms with van der Waals surface area (Å²) in [5, 5.41) is -0.363. The minimum absolute atomic E-state index is 0.0916. The number of amides is 2. The van der Waals surface area contributed by atoms with E-state index >= 15 is 0 Å². The van der Waals surface area contributed by atoms with Crippen molar-refractivity contribution in [2.24, 2.45) is 0 Å². The van der Waals surface area contributed by atoms with Crippen LogP contribution in [0, 0.1) is 0 Å². The molecule has 2 rings (SSSR count). The van der Waals surface area contributed by atoms with E-state index in [1.54, 1.807) is 13.8 Å². The number of esters is 2. The average Bonchev–Trinajstić information content (AvgIpc) is 2.89. The van der Waals surface area contributed by atoms with Crippen molar-refractivity contribution in [1.29, 1.82) is 0 Å². The fraction of sp³-hybridized carbons (Fsp3) is 0.333. The maximum atomic E-state index is 12.4. The molecule has 156 valence electrons. The minimum Gasteiger partial charge on any atom is -0.479 e. The Morgan fingerprint density at radius 2 is 1.66 bits per heavy atom. The summed E-state index contributed by atoms with van der Waals surface area (Å²) in [7, 11) is 0. The van der Waals surface area contributed by atoms with E-state index in [2.05, 4.69) is 0 Å². The lowest BCUT2D eigenvalue weighted by Gasteiger charge is -2.11. The molecule has 0 atom stereocenters. The van der Waals surface area contributed by atoms with E-state index in [9.17, 15) is 19.2 Å². The number of ether oxygens (including phenoxy) is 3. The van der Waals surface area contributed by atoms with Crippen LogP contribution >= 0.6 is 35.0 Å². The molecular formula is C18H17Cl2NO7S. The van der Waals surface area contributed by atoms with E-state index in [4.69, 9.17) is 37.4 Å². The summed E-state index contributed by atoms with van der Waals surface area (Å²) in [5.74, 6) is -1.78. The summed E-state index contributed by atoms with van der Waals surface area (Å²) in [5.41, 5.74) is 0.435. The molecule has 0 aromatic heterocycles. The molecule has 11 heteroatoms. The topological polar surface area (TPSA) is 99.2 Å². The number of imide groups is 1. The normalized spacial score (nSPS) is 15.0. The molecule has 8 nitrogen and oxygen atoms in total. The Kier molecular flexibility index (Phi) is 8.36. The molecule has 0 radical (unpaired) electrons. The van der Waals surface area contributed by atoms with E-state index in [-0.39, 0.29) is 40.5 Å². The molecule has 29 heavy (non-hydrogen) atoms. The van der Waals surface area contributed by atoms with Gasteiger partial charge in [-0.3, -0.25) is 19.3 Å². The molecule has 1 saturated heterocycles. The molecule has 0 bridgehead atoms. The number of halogens is 2. The second kappa shape index (κ2) is 10.5. The third kappa shape index (κ3) is 6.12. The lowest BCUT2D eigenvalue weighted by molar-refractivity contribution is -0.146. The summed E-state index contributed by atoms with van der Waals surface area (Å²) in [6.45, 7) is 2.83. The predicted molar refractivity (Wildman–Crippen MR) is 108 cm³/mol. The highest BCUT2D eigenvalue weighted by Gasteiger charge is 2.36. The lowest BCUT2D eigenvalue weighted by Crippen LogP contribution is -2.34. The molecule has 2 amide bonds. The Morgan fingerprint density at radius 3 is 2.24 bits per heavy atom. The molecule has 0 aliphatic carbocycles. The Hall–Kier alpha value is -2.23. The van der Waals surface area contributed by atoms with Crippen LogP contribution in [0.2, 0.25) is 10.0 Å². The Bertz CT molecular complexity index is 849. The van der Waals surface area contributed by atoms with Gasteiger partial charge < -0.3 is 14.2 Å². The third-order valence-corrected chi connectivity index (χ3v) is 4.89. The molecule has 0 N–H and O–H groups in total. The zero-order valence-corrected chi connectivity index (χ0v) is 17.9. The second-order valence-electron chi connectivity index (χ2n) is 5.48. The van der Waals surface area contributed by atoms with Crippen LogP contribution < -0.4 is 4.74 Å². The molecule has 1 aliphatic heterocycles. The van der Waals surface area contributed by atoms with Gasteiger partial charge in [0.25, 0.3) is 11.1 Å². The van der Waals surface area contributed by atoms with Crippen molar-refractivity contribution in [2.75, 3.05) is 26.4 Å². The van der Waals surface area contributed by atoms with Gasteiger partial charge in [0.2, 0.25) is 0 Å². The van der Waals surface area contributed by atoms with Gasteiger partial charge in [-0.15, -0.1) is 0 Å². The summed E-state index contributed by atoms with van der Waals surface area (Å²) >= 11 is 13.0. The van der Waals surface area contributed by atoms with Crippen LogP contribution in [-0.4, -0.2) is 54.4 Å². The van der Waals surface area contributed by atoms with Gasteiger partial charge in [0.05, 0.1) is 28.2 Å². The molecule has 1 aromatic rings. The Morgan fingerprint density at radius 1 is 1.07 bits per heavy atom. The van der Waals surface area contributed by atoms with Gasteiger partial charge in [-0.25, -0.2) is 4.79 Å². The maximum absolute atomic E-state index is 12.4. The monoisotopic (exact) mass is 461 g/mol. The summed E-state index contributed by atoms with van der Waals surface area (Å²) in [6, 6.07) is 2.93. The number of carbonyl (C=O) groups is 4. The second-order valence-corrected chi connectivity index (χ2v) is 7.29. The molecular weight excluding hydrogens is 445 g/mol. The summed E-state index contributed by atoms with van der Waals surface area (Å²) < 4.78 is 14.8. The van der Waals surface area contributed by atoms with Gasteiger partial charge in [0.1, 0.15) is 6.54 Å². The fourth-order valence-corrected chi connectivity index (χ4v) is 3.71.